The van der Waals surface area contributed by atoms with Crippen LogP contribution in [-0.4, -0.2) is 38.7 Å². The fourth-order valence-corrected chi connectivity index (χ4v) is 8.30. The lowest BCUT2D eigenvalue weighted by molar-refractivity contribution is 0.00958. The molecule has 3 aliphatic carbocycles. The summed E-state index contributed by atoms with van der Waals surface area (Å²) in [5, 5.41) is 11.4. The van der Waals surface area contributed by atoms with Crippen molar-refractivity contribution in [1.82, 2.24) is 20.0 Å². The van der Waals surface area contributed by atoms with Crippen molar-refractivity contribution < 1.29 is 4.74 Å². The number of nitrogens with zero attached hydrogens (tertiary/aromatic N) is 5. The molecule has 3 saturated carbocycles. The molecule has 0 N–H and O–H groups in total. The van der Waals surface area contributed by atoms with Crippen LogP contribution >= 0.6 is 34.5 Å². The first kappa shape index (κ1) is 23.7. The van der Waals surface area contributed by atoms with E-state index in [1.54, 1.807) is 0 Å². The number of thiazole rings is 1. The topological polar surface area (TPSA) is 56.1 Å². The summed E-state index contributed by atoms with van der Waals surface area (Å²) >= 11 is 15.0. The normalized spacial score (nSPS) is 25.0. The van der Waals surface area contributed by atoms with Crippen molar-refractivity contribution in [2.45, 2.75) is 75.7 Å². The molecule has 9 heteroatoms. The summed E-state index contributed by atoms with van der Waals surface area (Å²) in [7, 11) is 0. The number of para-hydroxylation sites is 1. The molecule has 1 saturated heterocycles. The first-order valence-electron chi connectivity index (χ1n) is 13.8. The Morgan fingerprint density at radius 1 is 0.974 bits per heavy atom. The van der Waals surface area contributed by atoms with E-state index in [2.05, 4.69) is 33.4 Å². The number of benzene rings is 2. The van der Waals surface area contributed by atoms with E-state index < -0.39 is 0 Å². The van der Waals surface area contributed by atoms with Crippen molar-refractivity contribution in [3.63, 3.8) is 0 Å². The maximum Gasteiger partial charge on any atom is 0.186 e. The summed E-state index contributed by atoms with van der Waals surface area (Å²) in [5.41, 5.74) is 5.17. The Morgan fingerprint density at radius 3 is 2.50 bits per heavy atom. The molecule has 3 heterocycles. The van der Waals surface area contributed by atoms with Crippen LogP contribution in [0.25, 0.3) is 21.5 Å². The number of fused-ring (bicyclic) bond motifs is 3. The molecule has 0 spiro atoms. The Bertz CT molecular complexity index is 1510. The number of anilines is 1. The Labute approximate surface area is 235 Å². The van der Waals surface area contributed by atoms with E-state index in [-0.39, 0.29) is 6.10 Å². The van der Waals surface area contributed by atoms with Crippen LogP contribution in [-0.2, 0) is 11.3 Å². The summed E-state index contributed by atoms with van der Waals surface area (Å²) < 4.78 is 9.99. The van der Waals surface area contributed by atoms with E-state index in [1.165, 1.54) is 46.6 Å². The van der Waals surface area contributed by atoms with Gasteiger partial charge in [-0.05, 0) is 68.2 Å². The van der Waals surface area contributed by atoms with Crippen LogP contribution in [0.15, 0.2) is 36.4 Å². The molecule has 196 valence electrons. The van der Waals surface area contributed by atoms with E-state index in [4.69, 9.17) is 32.9 Å². The maximum absolute atomic E-state index is 6.63. The second-order valence-electron chi connectivity index (χ2n) is 11.4. The monoisotopic (exact) mass is 565 g/mol. The van der Waals surface area contributed by atoms with Crippen molar-refractivity contribution in [3.8, 4) is 11.3 Å². The van der Waals surface area contributed by atoms with E-state index >= 15 is 0 Å². The maximum atomic E-state index is 6.63. The number of aromatic nitrogens is 4. The Hall–Kier alpha value is -2.19. The molecule has 1 aliphatic heterocycles. The lowest BCUT2D eigenvalue weighted by Gasteiger charge is -2.31. The third kappa shape index (κ3) is 3.88. The molecule has 3 atom stereocenters. The molecule has 2 bridgehead atoms. The zero-order valence-corrected chi connectivity index (χ0v) is 23.4. The predicted molar refractivity (Wildman–Crippen MR) is 152 cm³/mol. The Kier molecular flexibility index (Phi) is 5.72. The molecular formula is C29H29Cl2N5OS. The molecular weight excluding hydrogens is 537 g/mol. The van der Waals surface area contributed by atoms with Gasteiger partial charge in [0.25, 0.3) is 0 Å². The molecule has 2 aromatic carbocycles. The van der Waals surface area contributed by atoms with Gasteiger partial charge in [-0.1, -0.05) is 64.4 Å². The number of piperidine rings is 1. The summed E-state index contributed by atoms with van der Waals surface area (Å²) in [4.78, 5) is 7.73. The van der Waals surface area contributed by atoms with E-state index in [1.807, 2.05) is 34.2 Å². The third-order valence-electron chi connectivity index (χ3n) is 9.02. The lowest BCUT2D eigenvalue weighted by Crippen LogP contribution is -2.38. The van der Waals surface area contributed by atoms with Gasteiger partial charge in [-0.15, -0.1) is 5.10 Å². The second-order valence-corrected chi connectivity index (χ2v) is 13.2. The van der Waals surface area contributed by atoms with E-state index in [0.29, 0.717) is 40.6 Å². The van der Waals surface area contributed by atoms with E-state index in [9.17, 15) is 0 Å². The minimum Gasteiger partial charge on any atom is -0.371 e. The minimum absolute atomic E-state index is 0.230. The fraction of sp³-hybridized carbons (Fsp3) is 0.483. The summed E-state index contributed by atoms with van der Waals surface area (Å²) in [6.45, 7) is 1.48. The molecule has 4 aliphatic rings. The predicted octanol–water partition coefficient (Wildman–Crippen LogP) is 7.65. The highest BCUT2D eigenvalue weighted by molar-refractivity contribution is 7.22. The smallest absolute Gasteiger partial charge is 0.186 e. The summed E-state index contributed by atoms with van der Waals surface area (Å²) in [6.07, 6.45) is 8.63. The second kappa shape index (κ2) is 9.19. The average molecular weight is 567 g/mol. The zero-order chi connectivity index (χ0) is 25.4. The highest BCUT2D eigenvalue weighted by Crippen LogP contribution is 2.47. The van der Waals surface area contributed by atoms with Gasteiger partial charge in [-0.2, -0.15) is 0 Å². The zero-order valence-electron chi connectivity index (χ0n) is 21.0. The van der Waals surface area contributed by atoms with Gasteiger partial charge in [-0.25, -0.2) is 9.67 Å². The molecule has 8 rings (SSSR count). The van der Waals surface area contributed by atoms with Crippen LogP contribution in [0.4, 0.5) is 5.13 Å². The minimum atomic E-state index is 0.230. The molecule has 6 nitrogen and oxygen atoms in total. The molecule has 4 aromatic rings. The number of ether oxygens (including phenoxy) is 1. The first-order chi connectivity index (χ1) is 18.6. The Morgan fingerprint density at radius 2 is 1.79 bits per heavy atom. The van der Waals surface area contributed by atoms with Gasteiger partial charge in [0.2, 0.25) is 0 Å². The van der Waals surface area contributed by atoms with Crippen molar-refractivity contribution in [2.24, 2.45) is 5.92 Å². The van der Waals surface area contributed by atoms with Crippen LogP contribution in [0.3, 0.4) is 0 Å². The molecule has 4 fully saturated rings. The quantitative estimate of drug-likeness (QED) is 0.230. The van der Waals surface area contributed by atoms with Crippen LogP contribution in [0.5, 0.6) is 0 Å². The number of rotatable bonds is 7. The summed E-state index contributed by atoms with van der Waals surface area (Å²) in [5.74, 6) is 1.21. The van der Waals surface area contributed by atoms with Gasteiger partial charge in [0, 0.05) is 24.1 Å². The number of hydrogen-bond donors (Lipinski definition) is 0. The Balaban J connectivity index is 1.00. The molecule has 0 amide bonds. The van der Waals surface area contributed by atoms with Gasteiger partial charge in [-0.3, -0.25) is 0 Å². The summed E-state index contributed by atoms with van der Waals surface area (Å²) in [6, 6.07) is 13.2. The highest BCUT2D eigenvalue weighted by atomic mass is 35.5. The largest absolute Gasteiger partial charge is 0.371 e. The molecule has 38 heavy (non-hydrogen) atoms. The lowest BCUT2D eigenvalue weighted by atomic mass is 9.80. The van der Waals surface area contributed by atoms with Crippen molar-refractivity contribution in [2.75, 3.05) is 11.4 Å². The van der Waals surface area contributed by atoms with Gasteiger partial charge in [0.1, 0.15) is 5.69 Å². The molecule has 0 unspecified atom stereocenters. The van der Waals surface area contributed by atoms with Gasteiger partial charge in [0.05, 0.1) is 44.7 Å². The van der Waals surface area contributed by atoms with Gasteiger partial charge >= 0.3 is 0 Å². The van der Waals surface area contributed by atoms with Gasteiger partial charge < -0.3 is 9.64 Å². The average Bonchev–Trinajstić information content (AvgIpc) is 3.21. The molecule has 0 radical (unpaired) electrons. The SMILES string of the molecule is Clc1cccc(Cl)c1-c1nnn(C2CC2)c1CO[C@@H]1C[C@@H]2C[C@H]1CN2c1nc2c(C3CCC3)cccc2s1. The van der Waals surface area contributed by atoms with E-state index in [0.717, 1.165) is 42.8 Å². The highest BCUT2D eigenvalue weighted by Gasteiger charge is 2.46. The number of hydrogen-bond acceptors (Lipinski definition) is 6. The first-order valence-corrected chi connectivity index (χ1v) is 15.4. The van der Waals surface area contributed by atoms with Crippen LogP contribution in [0.1, 0.15) is 68.2 Å². The van der Waals surface area contributed by atoms with Crippen molar-refractivity contribution in [1.29, 1.82) is 0 Å². The van der Waals surface area contributed by atoms with Crippen LogP contribution in [0, 0.1) is 5.92 Å². The molecule has 2 aromatic heterocycles. The third-order valence-corrected chi connectivity index (χ3v) is 10.7. The standard InChI is InChI=1S/C29H29Cl2N5OS/c30-21-7-3-8-22(31)26(21)28-23(36(34-33-28)18-10-11-18)15-37-24-13-19-12-17(24)14-35(19)29-32-27-20(16-4-1-5-16)6-2-9-25(27)38-29/h2-3,6-9,16-19,24H,1,4-5,10-15H2/t17-,19-,24+/m0/s1. The van der Waals surface area contributed by atoms with Gasteiger partial charge in [0.15, 0.2) is 5.13 Å². The van der Waals surface area contributed by atoms with Crippen molar-refractivity contribution in [3.05, 3.63) is 57.7 Å². The fourth-order valence-electron chi connectivity index (χ4n) is 6.64. The number of halogens is 2. The van der Waals surface area contributed by atoms with Crippen LogP contribution in [0.2, 0.25) is 10.0 Å². The van der Waals surface area contributed by atoms with Crippen LogP contribution < -0.4 is 4.90 Å². The van der Waals surface area contributed by atoms with Crippen molar-refractivity contribution >= 4 is 49.9 Å².